The van der Waals surface area contributed by atoms with Crippen LogP contribution in [0.4, 0.5) is 0 Å². The Labute approximate surface area is 176 Å². The SMILES string of the molecule is O=C(/C=C/C(=O)OCCNC(=O)C1CCCCN1)OCCNC(=O)C1CCCCN1. The van der Waals surface area contributed by atoms with Crippen LogP contribution in [0.2, 0.25) is 0 Å². The summed E-state index contributed by atoms with van der Waals surface area (Å²) in [5.41, 5.74) is 0. The predicted molar refractivity (Wildman–Crippen MR) is 108 cm³/mol. The zero-order valence-electron chi connectivity index (χ0n) is 17.2. The highest BCUT2D eigenvalue weighted by atomic mass is 16.5. The Kier molecular flexibility index (Phi) is 10.9. The number of amides is 2. The number of carbonyl (C=O) groups excluding carboxylic acids is 4. The van der Waals surface area contributed by atoms with Crippen molar-refractivity contribution in [1.82, 2.24) is 21.3 Å². The van der Waals surface area contributed by atoms with Crippen molar-refractivity contribution in [3.05, 3.63) is 12.2 Å². The van der Waals surface area contributed by atoms with Gasteiger partial charge in [-0.1, -0.05) is 12.8 Å². The van der Waals surface area contributed by atoms with Gasteiger partial charge in [0.05, 0.1) is 25.2 Å². The monoisotopic (exact) mass is 424 g/mol. The number of rotatable bonds is 10. The Morgan fingerprint density at radius 1 is 0.733 bits per heavy atom. The minimum Gasteiger partial charge on any atom is -0.461 e. The van der Waals surface area contributed by atoms with Gasteiger partial charge in [-0.05, 0) is 38.8 Å². The summed E-state index contributed by atoms with van der Waals surface area (Å²) in [6.07, 6.45) is 7.73. The van der Waals surface area contributed by atoms with E-state index in [9.17, 15) is 19.2 Å². The molecule has 2 amide bonds. The van der Waals surface area contributed by atoms with Crippen molar-refractivity contribution in [3.8, 4) is 0 Å². The molecule has 4 N–H and O–H groups in total. The molecule has 0 aromatic rings. The first kappa shape index (κ1) is 23.8. The van der Waals surface area contributed by atoms with Crippen molar-refractivity contribution in [2.45, 2.75) is 50.6 Å². The van der Waals surface area contributed by atoms with Crippen LogP contribution in [0.3, 0.4) is 0 Å². The molecule has 0 saturated carbocycles. The molecule has 168 valence electrons. The van der Waals surface area contributed by atoms with Crippen LogP contribution >= 0.6 is 0 Å². The average Bonchev–Trinajstić information content (AvgIpc) is 2.79. The molecule has 0 aliphatic carbocycles. The lowest BCUT2D eigenvalue weighted by molar-refractivity contribution is -0.140. The van der Waals surface area contributed by atoms with Gasteiger partial charge in [0.25, 0.3) is 0 Å². The van der Waals surface area contributed by atoms with E-state index in [0.717, 1.165) is 63.8 Å². The van der Waals surface area contributed by atoms with E-state index in [4.69, 9.17) is 9.47 Å². The molecule has 2 rings (SSSR count). The molecule has 0 bridgehead atoms. The quantitative estimate of drug-likeness (QED) is 0.202. The lowest BCUT2D eigenvalue weighted by atomic mass is 10.0. The second kappa shape index (κ2) is 13.7. The number of piperidine rings is 2. The van der Waals surface area contributed by atoms with Crippen molar-refractivity contribution in [2.75, 3.05) is 39.4 Å². The Bertz CT molecular complexity index is 560. The lowest BCUT2D eigenvalue weighted by Gasteiger charge is -2.22. The third kappa shape index (κ3) is 9.36. The zero-order chi connectivity index (χ0) is 21.6. The summed E-state index contributed by atoms with van der Waals surface area (Å²) in [5, 5.41) is 11.7. The molecule has 0 radical (unpaired) electrons. The van der Waals surface area contributed by atoms with Crippen molar-refractivity contribution < 1.29 is 28.7 Å². The summed E-state index contributed by atoms with van der Waals surface area (Å²) in [4.78, 5) is 47.0. The van der Waals surface area contributed by atoms with Gasteiger partial charge in [-0.3, -0.25) is 9.59 Å². The second-order valence-corrected chi connectivity index (χ2v) is 7.26. The smallest absolute Gasteiger partial charge is 0.331 e. The van der Waals surface area contributed by atoms with Gasteiger partial charge in [-0.2, -0.15) is 0 Å². The highest BCUT2D eigenvalue weighted by molar-refractivity contribution is 5.91. The Morgan fingerprint density at radius 3 is 1.53 bits per heavy atom. The molecule has 0 spiro atoms. The average molecular weight is 424 g/mol. The van der Waals surface area contributed by atoms with Crippen LogP contribution in [-0.2, 0) is 28.7 Å². The fraction of sp³-hybridized carbons (Fsp3) is 0.700. The van der Waals surface area contributed by atoms with E-state index in [1.165, 1.54) is 0 Å². The maximum atomic E-state index is 11.9. The van der Waals surface area contributed by atoms with Crippen molar-refractivity contribution in [3.63, 3.8) is 0 Å². The number of hydrogen-bond acceptors (Lipinski definition) is 8. The third-order valence-electron chi connectivity index (χ3n) is 4.90. The summed E-state index contributed by atoms with van der Waals surface area (Å²) in [7, 11) is 0. The van der Waals surface area contributed by atoms with Crippen LogP contribution in [0.5, 0.6) is 0 Å². The first-order valence-corrected chi connectivity index (χ1v) is 10.6. The highest BCUT2D eigenvalue weighted by Gasteiger charge is 2.20. The molecule has 2 fully saturated rings. The standard InChI is InChI=1S/C20H32N4O6/c25-17(29-13-11-23-19(27)15-5-1-3-9-21-15)7-8-18(26)30-14-12-24-20(28)16-6-2-4-10-22-16/h7-8,15-16,21-22H,1-6,9-14H2,(H,23,27)(H,24,28)/b8-7+. The predicted octanol–water partition coefficient (Wildman–Crippen LogP) is -0.854. The molecular formula is C20H32N4O6. The van der Waals surface area contributed by atoms with Crippen LogP contribution in [0.15, 0.2) is 12.2 Å². The van der Waals surface area contributed by atoms with Crippen molar-refractivity contribution in [1.29, 1.82) is 0 Å². The van der Waals surface area contributed by atoms with Crippen LogP contribution < -0.4 is 21.3 Å². The summed E-state index contributed by atoms with van der Waals surface area (Å²) in [6.45, 7) is 2.10. The Morgan fingerprint density at radius 2 is 1.17 bits per heavy atom. The number of hydrogen-bond donors (Lipinski definition) is 4. The van der Waals surface area contributed by atoms with Crippen LogP contribution in [0, 0.1) is 0 Å². The van der Waals surface area contributed by atoms with Crippen molar-refractivity contribution >= 4 is 23.8 Å². The molecule has 2 heterocycles. The summed E-state index contributed by atoms with van der Waals surface area (Å²) >= 11 is 0. The summed E-state index contributed by atoms with van der Waals surface area (Å²) < 4.78 is 9.84. The number of esters is 2. The maximum absolute atomic E-state index is 11.9. The molecule has 10 nitrogen and oxygen atoms in total. The molecule has 2 aliphatic rings. The minimum atomic E-state index is -0.700. The maximum Gasteiger partial charge on any atom is 0.331 e. The highest BCUT2D eigenvalue weighted by Crippen LogP contribution is 2.07. The fourth-order valence-electron chi connectivity index (χ4n) is 3.28. The van der Waals surface area contributed by atoms with Gasteiger partial charge in [0.1, 0.15) is 13.2 Å². The van der Waals surface area contributed by atoms with Gasteiger partial charge >= 0.3 is 11.9 Å². The summed E-state index contributed by atoms with van der Waals surface area (Å²) in [6, 6.07) is -0.374. The lowest BCUT2D eigenvalue weighted by Crippen LogP contribution is -2.47. The van der Waals surface area contributed by atoms with Gasteiger partial charge in [0, 0.05) is 12.2 Å². The molecule has 0 aromatic carbocycles. The van der Waals surface area contributed by atoms with E-state index in [0.29, 0.717) is 0 Å². The fourth-order valence-corrected chi connectivity index (χ4v) is 3.28. The van der Waals surface area contributed by atoms with Gasteiger partial charge in [-0.15, -0.1) is 0 Å². The third-order valence-corrected chi connectivity index (χ3v) is 4.90. The van der Waals surface area contributed by atoms with Gasteiger partial charge < -0.3 is 30.7 Å². The second-order valence-electron chi connectivity index (χ2n) is 7.26. The Balaban J connectivity index is 1.49. The number of nitrogens with one attached hydrogen (secondary N) is 4. The van der Waals surface area contributed by atoms with Crippen molar-refractivity contribution in [2.24, 2.45) is 0 Å². The van der Waals surface area contributed by atoms with E-state index in [1.54, 1.807) is 0 Å². The normalized spacial score (nSPS) is 21.6. The number of ether oxygens (including phenoxy) is 2. The molecule has 2 aliphatic heterocycles. The van der Waals surface area contributed by atoms with Gasteiger partial charge in [0.2, 0.25) is 11.8 Å². The van der Waals surface area contributed by atoms with E-state index >= 15 is 0 Å². The first-order valence-electron chi connectivity index (χ1n) is 10.6. The van der Waals surface area contributed by atoms with Crippen LogP contribution in [0.1, 0.15) is 38.5 Å². The summed E-state index contributed by atoms with van der Waals surface area (Å²) in [5.74, 6) is -1.60. The molecule has 2 unspecified atom stereocenters. The van der Waals surface area contributed by atoms with E-state index in [1.807, 2.05) is 0 Å². The first-order chi connectivity index (χ1) is 14.6. The Hall–Kier alpha value is -2.46. The van der Waals surface area contributed by atoms with E-state index < -0.39 is 11.9 Å². The van der Waals surface area contributed by atoms with Crippen LogP contribution in [0.25, 0.3) is 0 Å². The molecule has 2 atom stereocenters. The topological polar surface area (TPSA) is 135 Å². The molecule has 2 saturated heterocycles. The van der Waals surface area contributed by atoms with E-state index in [2.05, 4.69) is 21.3 Å². The number of carbonyl (C=O) groups is 4. The molecule has 0 aromatic heterocycles. The molecular weight excluding hydrogens is 392 g/mol. The molecule has 30 heavy (non-hydrogen) atoms. The van der Waals surface area contributed by atoms with Gasteiger partial charge in [-0.25, -0.2) is 9.59 Å². The van der Waals surface area contributed by atoms with Crippen LogP contribution in [-0.4, -0.2) is 75.2 Å². The zero-order valence-corrected chi connectivity index (χ0v) is 17.2. The molecule has 10 heteroatoms. The minimum absolute atomic E-state index is 0.0118. The largest absolute Gasteiger partial charge is 0.461 e. The van der Waals surface area contributed by atoms with E-state index in [-0.39, 0.29) is 50.2 Å². The van der Waals surface area contributed by atoms with Gasteiger partial charge in [0.15, 0.2) is 0 Å².